The van der Waals surface area contributed by atoms with E-state index in [1.54, 1.807) is 0 Å². The van der Waals surface area contributed by atoms with Crippen LogP contribution in [0.2, 0.25) is 0 Å². The molecule has 0 spiro atoms. The first kappa shape index (κ1) is 13.2. The minimum absolute atomic E-state index is 0.117. The van der Waals surface area contributed by atoms with Crippen LogP contribution in [0, 0.1) is 11.8 Å². The molecule has 0 N–H and O–H groups in total. The third-order valence-electron chi connectivity index (χ3n) is 1.94. The summed E-state index contributed by atoms with van der Waals surface area (Å²) in [7, 11) is 0. The van der Waals surface area contributed by atoms with E-state index in [9.17, 15) is 4.79 Å². The predicted octanol–water partition coefficient (Wildman–Crippen LogP) is 3.18. The van der Waals surface area contributed by atoms with E-state index in [0.717, 1.165) is 0 Å². The van der Waals surface area contributed by atoms with Crippen LogP contribution in [0.25, 0.3) is 0 Å². The van der Waals surface area contributed by atoms with Crippen LogP contribution in [0.4, 0.5) is 0 Å². The Labute approximate surface area is 87.3 Å². The molecule has 0 aliphatic carbocycles. The largest absolute Gasteiger partial charge is 0.466 e. The second-order valence-electron chi connectivity index (χ2n) is 4.12. The number of ether oxygens (including phenoxy) is 1. The van der Waals surface area contributed by atoms with E-state index in [1.807, 2.05) is 6.92 Å². The summed E-state index contributed by atoms with van der Waals surface area (Å²) in [5.41, 5.74) is 1.18. The fourth-order valence-electron chi connectivity index (χ4n) is 1.26. The smallest absolute Gasteiger partial charge is 0.309 e. The number of esters is 1. The SMILES string of the molecule is CCOC(=O)C/C(=C\C(C)C)C(C)C. The molecule has 0 atom stereocenters. The second kappa shape index (κ2) is 6.63. The molecule has 0 rings (SSSR count). The zero-order valence-electron chi connectivity index (χ0n) is 9.96. The van der Waals surface area contributed by atoms with Gasteiger partial charge in [0.05, 0.1) is 13.0 Å². The molecular weight excluding hydrogens is 176 g/mol. The fraction of sp³-hybridized carbons (Fsp3) is 0.750. The zero-order valence-corrected chi connectivity index (χ0v) is 9.96. The van der Waals surface area contributed by atoms with Crippen LogP contribution in [0.5, 0.6) is 0 Å². The molecule has 2 nitrogen and oxygen atoms in total. The van der Waals surface area contributed by atoms with Gasteiger partial charge in [0.15, 0.2) is 0 Å². The second-order valence-corrected chi connectivity index (χ2v) is 4.12. The average molecular weight is 198 g/mol. The number of carbonyl (C=O) groups excluding carboxylic acids is 1. The van der Waals surface area contributed by atoms with Crippen LogP contribution in [0.15, 0.2) is 11.6 Å². The summed E-state index contributed by atoms with van der Waals surface area (Å²) in [6.07, 6.45) is 2.59. The Hall–Kier alpha value is -0.790. The van der Waals surface area contributed by atoms with Crippen molar-refractivity contribution in [2.24, 2.45) is 11.8 Å². The molecule has 0 radical (unpaired) electrons. The lowest BCUT2D eigenvalue weighted by molar-refractivity contribution is -0.142. The lowest BCUT2D eigenvalue weighted by Gasteiger charge is -2.12. The molecule has 0 heterocycles. The summed E-state index contributed by atoms with van der Waals surface area (Å²) in [5.74, 6) is 0.789. The molecule has 0 aromatic heterocycles. The van der Waals surface area contributed by atoms with Gasteiger partial charge in [0.2, 0.25) is 0 Å². The van der Waals surface area contributed by atoms with Gasteiger partial charge in [-0.25, -0.2) is 0 Å². The minimum atomic E-state index is -0.117. The number of rotatable bonds is 5. The van der Waals surface area contributed by atoms with Gasteiger partial charge in [-0.05, 0) is 18.8 Å². The molecule has 0 amide bonds. The highest BCUT2D eigenvalue weighted by atomic mass is 16.5. The molecule has 82 valence electrons. The van der Waals surface area contributed by atoms with Gasteiger partial charge < -0.3 is 4.74 Å². The first-order chi connectivity index (χ1) is 6.47. The molecule has 0 fully saturated rings. The number of allylic oxidation sites excluding steroid dienone is 1. The number of hydrogen-bond acceptors (Lipinski definition) is 2. The van der Waals surface area contributed by atoms with Crippen molar-refractivity contribution in [3.8, 4) is 0 Å². The highest BCUT2D eigenvalue weighted by Crippen LogP contribution is 2.17. The van der Waals surface area contributed by atoms with Crippen molar-refractivity contribution in [3.63, 3.8) is 0 Å². The molecule has 2 heteroatoms. The molecular formula is C12H22O2. The maximum Gasteiger partial charge on any atom is 0.309 e. The number of carbonyl (C=O) groups is 1. The minimum Gasteiger partial charge on any atom is -0.466 e. The van der Waals surface area contributed by atoms with Crippen LogP contribution >= 0.6 is 0 Å². The standard InChI is InChI=1S/C12H22O2/c1-6-14-12(13)8-11(10(4)5)7-9(2)3/h7,9-10H,6,8H2,1-5H3/b11-7+. The topological polar surface area (TPSA) is 26.3 Å². The summed E-state index contributed by atoms with van der Waals surface area (Å²) >= 11 is 0. The molecule has 0 aromatic carbocycles. The molecule has 0 aliphatic heterocycles. The number of hydrogen-bond donors (Lipinski definition) is 0. The van der Waals surface area contributed by atoms with Gasteiger partial charge in [-0.3, -0.25) is 4.79 Å². The van der Waals surface area contributed by atoms with E-state index in [1.165, 1.54) is 5.57 Å². The Kier molecular flexibility index (Phi) is 6.26. The van der Waals surface area contributed by atoms with E-state index in [2.05, 4.69) is 33.8 Å². The Morgan fingerprint density at radius 1 is 1.29 bits per heavy atom. The van der Waals surface area contributed by atoms with Crippen molar-refractivity contribution in [1.82, 2.24) is 0 Å². The highest BCUT2D eigenvalue weighted by Gasteiger charge is 2.10. The van der Waals surface area contributed by atoms with Crippen LogP contribution in [-0.4, -0.2) is 12.6 Å². The summed E-state index contributed by atoms with van der Waals surface area (Å²) in [6, 6.07) is 0. The summed E-state index contributed by atoms with van der Waals surface area (Å²) in [4.78, 5) is 11.3. The maximum absolute atomic E-state index is 11.3. The van der Waals surface area contributed by atoms with Crippen LogP contribution in [-0.2, 0) is 9.53 Å². The first-order valence-electron chi connectivity index (χ1n) is 5.33. The monoisotopic (exact) mass is 198 g/mol. The lowest BCUT2D eigenvalue weighted by Crippen LogP contribution is -2.08. The van der Waals surface area contributed by atoms with Gasteiger partial charge in [-0.1, -0.05) is 39.3 Å². The van der Waals surface area contributed by atoms with Gasteiger partial charge in [-0.2, -0.15) is 0 Å². The Morgan fingerprint density at radius 2 is 1.86 bits per heavy atom. The Balaban J connectivity index is 4.31. The van der Waals surface area contributed by atoms with Crippen LogP contribution in [0.1, 0.15) is 41.0 Å². The van der Waals surface area contributed by atoms with E-state index >= 15 is 0 Å². The van der Waals surface area contributed by atoms with Gasteiger partial charge in [-0.15, -0.1) is 0 Å². The van der Waals surface area contributed by atoms with E-state index < -0.39 is 0 Å². The molecule has 0 aromatic rings. The molecule has 0 saturated heterocycles. The van der Waals surface area contributed by atoms with Crippen molar-refractivity contribution in [1.29, 1.82) is 0 Å². The highest BCUT2D eigenvalue weighted by molar-refractivity contribution is 5.72. The molecule has 0 bridgehead atoms. The van der Waals surface area contributed by atoms with E-state index in [4.69, 9.17) is 4.74 Å². The Bertz CT molecular complexity index is 202. The van der Waals surface area contributed by atoms with Gasteiger partial charge in [0, 0.05) is 0 Å². The van der Waals surface area contributed by atoms with Crippen LogP contribution < -0.4 is 0 Å². The van der Waals surface area contributed by atoms with Crippen molar-refractivity contribution < 1.29 is 9.53 Å². The van der Waals surface area contributed by atoms with Crippen LogP contribution in [0.3, 0.4) is 0 Å². The predicted molar refractivity (Wildman–Crippen MR) is 59.0 cm³/mol. The molecule has 14 heavy (non-hydrogen) atoms. The van der Waals surface area contributed by atoms with E-state index in [0.29, 0.717) is 24.9 Å². The van der Waals surface area contributed by atoms with Gasteiger partial charge in [0.25, 0.3) is 0 Å². The van der Waals surface area contributed by atoms with Crippen molar-refractivity contribution >= 4 is 5.97 Å². The third-order valence-corrected chi connectivity index (χ3v) is 1.94. The van der Waals surface area contributed by atoms with Gasteiger partial charge >= 0.3 is 5.97 Å². The van der Waals surface area contributed by atoms with Crippen molar-refractivity contribution in [3.05, 3.63) is 11.6 Å². The Morgan fingerprint density at radius 3 is 2.21 bits per heavy atom. The quantitative estimate of drug-likeness (QED) is 0.501. The average Bonchev–Trinajstić information content (AvgIpc) is 2.02. The zero-order chi connectivity index (χ0) is 11.1. The van der Waals surface area contributed by atoms with Gasteiger partial charge in [0.1, 0.15) is 0 Å². The van der Waals surface area contributed by atoms with Crippen molar-refractivity contribution in [2.75, 3.05) is 6.61 Å². The fourth-order valence-corrected chi connectivity index (χ4v) is 1.26. The van der Waals surface area contributed by atoms with E-state index in [-0.39, 0.29) is 5.97 Å². The summed E-state index contributed by atoms with van der Waals surface area (Å²) in [5, 5.41) is 0. The maximum atomic E-state index is 11.3. The lowest BCUT2D eigenvalue weighted by atomic mass is 9.96. The normalized spacial score (nSPS) is 12.4. The third kappa shape index (κ3) is 5.79. The molecule has 0 aliphatic rings. The molecule has 0 unspecified atom stereocenters. The first-order valence-corrected chi connectivity index (χ1v) is 5.33. The summed E-state index contributed by atoms with van der Waals surface area (Å²) < 4.78 is 4.92. The van der Waals surface area contributed by atoms with Crippen molar-refractivity contribution in [2.45, 2.75) is 41.0 Å². The summed E-state index contributed by atoms with van der Waals surface area (Å²) in [6.45, 7) is 10.7. The molecule has 0 saturated carbocycles.